The van der Waals surface area contributed by atoms with E-state index in [0.717, 1.165) is 6.42 Å². The first-order valence-corrected chi connectivity index (χ1v) is 9.97. The van der Waals surface area contributed by atoms with Crippen molar-refractivity contribution in [2.75, 3.05) is 20.3 Å². The van der Waals surface area contributed by atoms with Crippen LogP contribution in [0.3, 0.4) is 0 Å². The van der Waals surface area contributed by atoms with Crippen molar-refractivity contribution < 1.29 is 9.84 Å². The topological polar surface area (TPSA) is 79.6 Å². The molecular weight excluding hydrogens is 374 g/mol. The van der Waals surface area contributed by atoms with Crippen LogP contribution in [-0.2, 0) is 17.7 Å². The second kappa shape index (κ2) is 10.3. The van der Waals surface area contributed by atoms with Crippen LogP contribution in [0.4, 0.5) is 0 Å². The summed E-state index contributed by atoms with van der Waals surface area (Å²) < 4.78 is 6.68. The van der Waals surface area contributed by atoms with Gasteiger partial charge in [0.05, 0.1) is 18.9 Å². The smallest absolute Gasteiger partial charge is 0.264 e. The van der Waals surface area contributed by atoms with Gasteiger partial charge in [-0.2, -0.15) is 0 Å². The Kier molecular flexibility index (Phi) is 8.14. The molecule has 0 spiro atoms. The largest absolute Gasteiger partial charge is 0.494 e. The summed E-state index contributed by atoms with van der Waals surface area (Å²) in [6.45, 7) is 7.52. The molecule has 0 saturated carbocycles. The fourth-order valence-corrected chi connectivity index (χ4v) is 3.24. The average Bonchev–Trinajstić information content (AvgIpc) is 2.66. The van der Waals surface area contributed by atoms with Crippen molar-refractivity contribution in [3.05, 3.63) is 56.1 Å². The van der Waals surface area contributed by atoms with E-state index in [4.69, 9.17) is 17.0 Å². The van der Waals surface area contributed by atoms with Gasteiger partial charge in [0.15, 0.2) is 4.77 Å². The summed E-state index contributed by atoms with van der Waals surface area (Å²) >= 11 is 5.15. The van der Waals surface area contributed by atoms with E-state index in [1.54, 1.807) is 7.11 Å². The average molecular weight is 404 g/mol. The van der Waals surface area contributed by atoms with Crippen molar-refractivity contribution in [1.29, 1.82) is 0 Å². The van der Waals surface area contributed by atoms with Crippen LogP contribution in [0, 0.1) is 4.77 Å². The molecule has 1 aromatic carbocycles. The van der Waals surface area contributed by atoms with Crippen LogP contribution < -0.4 is 5.56 Å². The predicted octanol–water partition coefficient (Wildman–Crippen LogP) is 3.82. The van der Waals surface area contributed by atoms with Crippen molar-refractivity contribution in [3.8, 4) is 5.88 Å². The monoisotopic (exact) mass is 403 g/mol. The van der Waals surface area contributed by atoms with Crippen LogP contribution in [-0.4, -0.2) is 40.6 Å². The van der Waals surface area contributed by atoms with Crippen molar-refractivity contribution in [3.63, 3.8) is 0 Å². The van der Waals surface area contributed by atoms with Crippen molar-refractivity contribution in [2.45, 2.75) is 46.1 Å². The van der Waals surface area contributed by atoms with Crippen molar-refractivity contribution >= 4 is 17.9 Å². The van der Waals surface area contributed by atoms with E-state index in [9.17, 15) is 9.90 Å². The number of hydrogen-bond acceptors (Lipinski definition) is 5. The van der Waals surface area contributed by atoms with E-state index < -0.39 is 5.56 Å². The number of methoxy groups -OCH3 is 1. The fraction of sp³-hybridized carbons (Fsp3) is 0.476. The van der Waals surface area contributed by atoms with Crippen LogP contribution in [0.5, 0.6) is 5.88 Å². The number of hydrogen-bond donors (Lipinski definition) is 2. The van der Waals surface area contributed by atoms with Crippen LogP contribution >= 0.6 is 12.2 Å². The molecule has 0 saturated heterocycles. The maximum Gasteiger partial charge on any atom is 0.264 e. The Bertz CT molecular complexity index is 927. The first kappa shape index (κ1) is 22.0. The Labute approximate surface area is 170 Å². The molecule has 0 radical (unpaired) electrons. The molecule has 6 nitrogen and oxygen atoms in total. The van der Waals surface area contributed by atoms with E-state index in [1.807, 2.05) is 6.92 Å². The number of H-pyrrole nitrogens is 1. The number of aromatic amines is 1. The first-order valence-electron chi connectivity index (χ1n) is 9.56. The second-order valence-corrected chi connectivity index (χ2v) is 7.32. The molecule has 2 rings (SSSR count). The molecule has 152 valence electrons. The van der Waals surface area contributed by atoms with Crippen LogP contribution in [0.25, 0.3) is 0 Å². The van der Waals surface area contributed by atoms with Gasteiger partial charge in [-0.05, 0) is 42.1 Å². The molecule has 28 heavy (non-hydrogen) atoms. The normalized spacial score (nSPS) is 12.0. The van der Waals surface area contributed by atoms with E-state index in [0.29, 0.717) is 37.7 Å². The van der Waals surface area contributed by atoms with Gasteiger partial charge in [-0.3, -0.25) is 19.3 Å². The number of nitrogens with zero attached hydrogens (tertiary/aromatic N) is 2. The molecule has 0 fully saturated rings. The van der Waals surface area contributed by atoms with Gasteiger partial charge < -0.3 is 9.84 Å². The van der Waals surface area contributed by atoms with Gasteiger partial charge >= 0.3 is 0 Å². The summed E-state index contributed by atoms with van der Waals surface area (Å²) in [5.74, 6) is 0.346. The highest BCUT2D eigenvalue weighted by atomic mass is 32.1. The molecule has 2 N–H and O–H groups in total. The Hall–Kier alpha value is -2.25. The molecule has 0 unspecified atom stereocenters. The molecule has 1 aromatic heterocycles. The Balaban J connectivity index is 2.24. The minimum absolute atomic E-state index is 0.160. The molecule has 1 heterocycles. The molecule has 7 heteroatoms. The number of nitrogens with one attached hydrogen (secondary N) is 1. The third-order valence-corrected chi connectivity index (χ3v) is 4.99. The summed E-state index contributed by atoms with van der Waals surface area (Å²) in [5.41, 5.74) is 2.83. The van der Waals surface area contributed by atoms with Gasteiger partial charge in [0.2, 0.25) is 5.88 Å². The molecular formula is C21H29N3O3S. The number of ether oxygens (including phenoxy) is 1. The van der Waals surface area contributed by atoms with E-state index in [1.165, 1.54) is 15.7 Å². The molecule has 0 bridgehead atoms. The summed E-state index contributed by atoms with van der Waals surface area (Å²) in [6, 6.07) is 8.51. The summed E-state index contributed by atoms with van der Waals surface area (Å²) in [7, 11) is 1.57. The predicted molar refractivity (Wildman–Crippen MR) is 115 cm³/mol. The SMILES string of the molecule is CCC(=NCCc1ccc(C(C)C)cc1)c1c(O)n(CCOC)c(=S)[nH]c1=O. The number of aromatic nitrogens is 2. The molecule has 0 amide bonds. The second-order valence-electron chi connectivity index (χ2n) is 6.93. The third-order valence-electron chi connectivity index (χ3n) is 4.66. The van der Waals surface area contributed by atoms with Crippen LogP contribution in [0.1, 0.15) is 49.8 Å². The summed E-state index contributed by atoms with van der Waals surface area (Å²) in [4.78, 5) is 19.6. The first-order chi connectivity index (χ1) is 13.4. The van der Waals surface area contributed by atoms with Crippen LogP contribution in [0.2, 0.25) is 0 Å². The third kappa shape index (κ3) is 5.39. The van der Waals surface area contributed by atoms with Gasteiger partial charge in [-0.1, -0.05) is 45.0 Å². The van der Waals surface area contributed by atoms with Crippen molar-refractivity contribution in [1.82, 2.24) is 9.55 Å². The Morgan fingerprint density at radius 2 is 2.00 bits per heavy atom. The van der Waals surface area contributed by atoms with Gasteiger partial charge in [-0.25, -0.2) is 0 Å². The molecule has 0 aliphatic rings. The Morgan fingerprint density at radius 3 is 2.57 bits per heavy atom. The maximum atomic E-state index is 12.4. The highest BCUT2D eigenvalue weighted by molar-refractivity contribution is 7.71. The lowest BCUT2D eigenvalue weighted by atomic mass is 10.0. The maximum absolute atomic E-state index is 12.4. The van der Waals surface area contributed by atoms with E-state index >= 15 is 0 Å². The molecule has 0 atom stereocenters. The highest BCUT2D eigenvalue weighted by Gasteiger charge is 2.17. The zero-order chi connectivity index (χ0) is 20.7. The summed E-state index contributed by atoms with van der Waals surface area (Å²) in [6.07, 6.45) is 1.30. The minimum atomic E-state index is -0.418. The number of rotatable bonds is 9. The van der Waals surface area contributed by atoms with Gasteiger partial charge in [-0.15, -0.1) is 0 Å². The number of benzene rings is 1. The molecule has 0 aliphatic heterocycles. The molecule has 0 aliphatic carbocycles. The molecule has 2 aromatic rings. The summed E-state index contributed by atoms with van der Waals surface area (Å²) in [5, 5.41) is 10.6. The zero-order valence-corrected chi connectivity index (χ0v) is 17.8. The lowest BCUT2D eigenvalue weighted by Gasteiger charge is -2.13. The van der Waals surface area contributed by atoms with Gasteiger partial charge in [0, 0.05) is 13.7 Å². The van der Waals surface area contributed by atoms with Gasteiger partial charge in [0.1, 0.15) is 5.56 Å². The van der Waals surface area contributed by atoms with Crippen molar-refractivity contribution in [2.24, 2.45) is 4.99 Å². The lowest BCUT2D eigenvalue weighted by Crippen LogP contribution is -2.24. The fourth-order valence-electron chi connectivity index (χ4n) is 2.97. The number of aromatic hydroxyl groups is 1. The minimum Gasteiger partial charge on any atom is -0.494 e. The zero-order valence-electron chi connectivity index (χ0n) is 17.0. The van der Waals surface area contributed by atoms with Crippen LogP contribution in [0.15, 0.2) is 34.1 Å². The lowest BCUT2D eigenvalue weighted by molar-refractivity contribution is 0.182. The quantitative estimate of drug-likeness (QED) is 0.493. The van der Waals surface area contributed by atoms with Gasteiger partial charge in [0.25, 0.3) is 5.56 Å². The van der Waals surface area contributed by atoms with E-state index in [-0.39, 0.29) is 16.2 Å². The standard InChI is InChI=1S/C21H29N3O3S/c1-5-17(22-11-10-15-6-8-16(9-7-15)14(2)3)18-19(25)23-21(28)24(20(18)26)12-13-27-4/h6-9,14,26H,5,10-13H2,1-4H3,(H,23,25,28). The Morgan fingerprint density at radius 1 is 1.32 bits per heavy atom. The van der Waals surface area contributed by atoms with E-state index in [2.05, 4.69) is 48.1 Å². The highest BCUT2D eigenvalue weighted by Crippen LogP contribution is 2.17. The number of aliphatic imine (C=N–C) groups is 1.